The Bertz CT molecular complexity index is 429. The van der Waals surface area contributed by atoms with E-state index >= 15 is 0 Å². The van der Waals surface area contributed by atoms with Crippen molar-refractivity contribution < 1.29 is 14.3 Å². The van der Waals surface area contributed by atoms with E-state index in [0.717, 1.165) is 17.7 Å². The summed E-state index contributed by atoms with van der Waals surface area (Å²) in [6.07, 6.45) is 0.662. The van der Waals surface area contributed by atoms with Crippen molar-refractivity contribution in [2.75, 3.05) is 7.11 Å². The Hall–Kier alpha value is -1.84. The van der Waals surface area contributed by atoms with Gasteiger partial charge in [-0.25, -0.2) is 0 Å². The van der Waals surface area contributed by atoms with Crippen LogP contribution in [0.25, 0.3) is 0 Å². The van der Waals surface area contributed by atoms with Crippen LogP contribution in [-0.4, -0.2) is 18.8 Å². The molecule has 0 spiro atoms. The molecular weight excluding hydrogens is 230 g/mol. The van der Waals surface area contributed by atoms with Crippen molar-refractivity contribution in [2.45, 2.75) is 32.7 Å². The molecule has 0 saturated heterocycles. The minimum atomic E-state index is -0.250. The molecule has 18 heavy (non-hydrogen) atoms. The Morgan fingerprint density at radius 3 is 2.56 bits per heavy atom. The molecule has 0 radical (unpaired) electrons. The monoisotopic (exact) mass is 249 g/mol. The number of nitrogens with one attached hydrogen (secondary N) is 1. The van der Waals surface area contributed by atoms with E-state index in [-0.39, 0.29) is 24.2 Å². The number of hydrogen-bond donors (Lipinski definition) is 1. The maximum Gasteiger partial charge on any atom is 0.227 e. The minimum Gasteiger partial charge on any atom is -0.496 e. The standard InChI is InChI=1S/C14H19NO3/c1-4-12(15-14(17)9-10(2)16)11-7-5-6-8-13(11)18-3/h5-8,12H,4,9H2,1-3H3,(H,15,17). The van der Waals surface area contributed by atoms with Crippen LogP contribution in [0.2, 0.25) is 0 Å². The first kappa shape index (κ1) is 14.2. The molecule has 0 saturated carbocycles. The number of amides is 1. The molecule has 0 aliphatic carbocycles. The summed E-state index contributed by atoms with van der Waals surface area (Å²) in [6, 6.07) is 7.42. The van der Waals surface area contributed by atoms with Crippen LogP contribution in [0.15, 0.2) is 24.3 Å². The van der Waals surface area contributed by atoms with E-state index in [0.29, 0.717) is 0 Å². The van der Waals surface area contributed by atoms with E-state index < -0.39 is 0 Å². The molecule has 1 unspecified atom stereocenters. The summed E-state index contributed by atoms with van der Waals surface area (Å²) in [5, 5.41) is 2.85. The second kappa shape index (κ2) is 6.79. The van der Waals surface area contributed by atoms with Gasteiger partial charge >= 0.3 is 0 Å². The normalized spacial score (nSPS) is 11.7. The van der Waals surface area contributed by atoms with Crippen molar-refractivity contribution >= 4 is 11.7 Å². The average molecular weight is 249 g/mol. The molecule has 1 aromatic rings. The molecule has 0 aromatic heterocycles. The van der Waals surface area contributed by atoms with Crippen molar-refractivity contribution in [2.24, 2.45) is 0 Å². The SMILES string of the molecule is CCC(NC(=O)CC(C)=O)c1ccccc1OC. The Morgan fingerprint density at radius 1 is 1.33 bits per heavy atom. The molecule has 0 aliphatic rings. The zero-order valence-electron chi connectivity index (χ0n) is 11.0. The molecule has 1 N–H and O–H groups in total. The van der Waals surface area contributed by atoms with Gasteiger partial charge in [0.1, 0.15) is 11.5 Å². The highest BCUT2D eigenvalue weighted by Gasteiger charge is 2.16. The van der Waals surface area contributed by atoms with Gasteiger partial charge in [-0.2, -0.15) is 0 Å². The maximum atomic E-state index is 11.6. The largest absolute Gasteiger partial charge is 0.496 e. The molecule has 1 rings (SSSR count). The van der Waals surface area contributed by atoms with Crippen LogP contribution in [0, 0.1) is 0 Å². The number of Topliss-reactive ketones (excluding diaryl/α,β-unsaturated/α-hetero) is 1. The molecule has 4 nitrogen and oxygen atoms in total. The fourth-order valence-electron chi connectivity index (χ4n) is 1.83. The Labute approximate surface area is 107 Å². The Kier molecular flexibility index (Phi) is 5.36. The summed E-state index contributed by atoms with van der Waals surface area (Å²) in [4.78, 5) is 22.5. The zero-order valence-corrected chi connectivity index (χ0v) is 11.0. The molecule has 1 aromatic carbocycles. The molecule has 4 heteroatoms. The number of ether oxygens (including phenoxy) is 1. The summed E-state index contributed by atoms with van der Waals surface area (Å²) < 4.78 is 5.27. The number of methoxy groups -OCH3 is 1. The van der Waals surface area contributed by atoms with Crippen LogP contribution in [0.3, 0.4) is 0 Å². The second-order valence-corrected chi connectivity index (χ2v) is 4.15. The average Bonchev–Trinajstić information content (AvgIpc) is 2.35. The van der Waals surface area contributed by atoms with E-state index in [1.54, 1.807) is 7.11 Å². The van der Waals surface area contributed by atoms with Gasteiger partial charge in [0.2, 0.25) is 5.91 Å². The van der Waals surface area contributed by atoms with Gasteiger partial charge in [-0.1, -0.05) is 25.1 Å². The predicted octanol–water partition coefficient (Wildman–Crippen LogP) is 2.24. The van der Waals surface area contributed by atoms with E-state index in [2.05, 4.69) is 5.32 Å². The van der Waals surface area contributed by atoms with Crippen molar-refractivity contribution in [1.82, 2.24) is 5.32 Å². The van der Waals surface area contributed by atoms with Crippen LogP contribution in [0.1, 0.15) is 38.3 Å². The maximum absolute atomic E-state index is 11.6. The molecule has 0 bridgehead atoms. The fraction of sp³-hybridized carbons (Fsp3) is 0.429. The lowest BCUT2D eigenvalue weighted by molar-refractivity contribution is -0.127. The molecule has 0 fully saturated rings. The molecule has 0 aliphatic heterocycles. The van der Waals surface area contributed by atoms with Crippen LogP contribution in [-0.2, 0) is 9.59 Å². The quantitative estimate of drug-likeness (QED) is 0.787. The van der Waals surface area contributed by atoms with Gasteiger partial charge in [0.05, 0.1) is 19.6 Å². The van der Waals surface area contributed by atoms with Gasteiger partial charge in [0.25, 0.3) is 0 Å². The first-order valence-corrected chi connectivity index (χ1v) is 6.00. The number of carbonyl (C=O) groups is 2. The lowest BCUT2D eigenvalue weighted by atomic mass is 10.0. The van der Waals surface area contributed by atoms with E-state index in [1.165, 1.54) is 6.92 Å². The number of para-hydroxylation sites is 1. The van der Waals surface area contributed by atoms with Crippen molar-refractivity contribution in [3.63, 3.8) is 0 Å². The highest BCUT2D eigenvalue weighted by atomic mass is 16.5. The second-order valence-electron chi connectivity index (χ2n) is 4.15. The third-order valence-electron chi connectivity index (χ3n) is 2.67. The van der Waals surface area contributed by atoms with Crippen LogP contribution >= 0.6 is 0 Å². The van der Waals surface area contributed by atoms with Crippen LogP contribution in [0.4, 0.5) is 0 Å². The van der Waals surface area contributed by atoms with Crippen molar-refractivity contribution in [3.8, 4) is 5.75 Å². The highest BCUT2D eigenvalue weighted by molar-refractivity contribution is 5.96. The fourth-order valence-corrected chi connectivity index (χ4v) is 1.83. The van der Waals surface area contributed by atoms with Gasteiger partial charge in [-0.05, 0) is 19.4 Å². The zero-order chi connectivity index (χ0) is 13.5. The van der Waals surface area contributed by atoms with E-state index in [9.17, 15) is 9.59 Å². The molecule has 1 amide bonds. The van der Waals surface area contributed by atoms with Gasteiger partial charge < -0.3 is 10.1 Å². The number of hydrogen-bond acceptors (Lipinski definition) is 3. The topological polar surface area (TPSA) is 55.4 Å². The summed E-state index contributed by atoms with van der Waals surface area (Å²) in [6.45, 7) is 3.38. The number of carbonyl (C=O) groups excluding carboxylic acids is 2. The summed E-state index contributed by atoms with van der Waals surface area (Å²) in [5.74, 6) is 0.357. The summed E-state index contributed by atoms with van der Waals surface area (Å²) >= 11 is 0. The van der Waals surface area contributed by atoms with Crippen LogP contribution < -0.4 is 10.1 Å². The summed E-state index contributed by atoms with van der Waals surface area (Å²) in [7, 11) is 1.60. The Balaban J connectivity index is 2.82. The molecule has 1 atom stereocenters. The smallest absolute Gasteiger partial charge is 0.227 e. The van der Waals surface area contributed by atoms with Gasteiger partial charge in [0.15, 0.2) is 0 Å². The first-order chi connectivity index (χ1) is 8.58. The first-order valence-electron chi connectivity index (χ1n) is 6.00. The van der Waals surface area contributed by atoms with Crippen LogP contribution in [0.5, 0.6) is 5.75 Å². The van der Waals surface area contributed by atoms with Gasteiger partial charge in [-0.15, -0.1) is 0 Å². The molecular formula is C14H19NO3. The van der Waals surface area contributed by atoms with E-state index in [4.69, 9.17) is 4.74 Å². The lowest BCUT2D eigenvalue weighted by Crippen LogP contribution is -2.29. The predicted molar refractivity (Wildman–Crippen MR) is 69.5 cm³/mol. The van der Waals surface area contributed by atoms with Gasteiger partial charge in [-0.3, -0.25) is 9.59 Å². The third kappa shape index (κ3) is 3.87. The molecule has 0 heterocycles. The molecule has 98 valence electrons. The lowest BCUT2D eigenvalue weighted by Gasteiger charge is -2.19. The van der Waals surface area contributed by atoms with Crippen molar-refractivity contribution in [3.05, 3.63) is 29.8 Å². The minimum absolute atomic E-state index is 0.0777. The van der Waals surface area contributed by atoms with Crippen molar-refractivity contribution in [1.29, 1.82) is 0 Å². The Morgan fingerprint density at radius 2 is 2.00 bits per heavy atom. The number of benzene rings is 1. The van der Waals surface area contributed by atoms with E-state index in [1.807, 2.05) is 31.2 Å². The third-order valence-corrected chi connectivity index (χ3v) is 2.67. The number of rotatable bonds is 6. The number of ketones is 1. The van der Waals surface area contributed by atoms with Gasteiger partial charge in [0, 0.05) is 5.56 Å². The highest BCUT2D eigenvalue weighted by Crippen LogP contribution is 2.26. The summed E-state index contributed by atoms with van der Waals surface area (Å²) in [5.41, 5.74) is 0.930.